The van der Waals surface area contributed by atoms with Gasteiger partial charge in [-0.15, -0.1) is 0 Å². The summed E-state index contributed by atoms with van der Waals surface area (Å²) in [4.78, 5) is 169. The van der Waals surface area contributed by atoms with Crippen LogP contribution in [0.5, 0.6) is 0 Å². The van der Waals surface area contributed by atoms with Crippen LogP contribution in [0, 0.1) is 30.3 Å². The van der Waals surface area contributed by atoms with Crippen molar-refractivity contribution >= 4 is 175 Å². The number of aliphatic carboxylic acids is 12. The monoisotopic (exact) mass is 1730 g/mol. The number of hydrogen-bond donors (Lipinski definition) is 0. The van der Waals surface area contributed by atoms with Crippen molar-refractivity contribution < 1.29 is 134 Å². The third-order valence-corrected chi connectivity index (χ3v) is 12.2. The summed E-state index contributed by atoms with van der Waals surface area (Å²) >= 11 is 0. The van der Waals surface area contributed by atoms with Gasteiger partial charge in [0.15, 0.2) is 0 Å². The molecule has 0 amide bonds. The van der Waals surface area contributed by atoms with E-state index in [1.165, 1.54) is 72.8 Å². The van der Waals surface area contributed by atoms with Gasteiger partial charge in [-0.1, -0.05) is 91.0 Å². The van der Waals surface area contributed by atoms with E-state index < -0.39 is 221 Å². The van der Waals surface area contributed by atoms with Gasteiger partial charge in [0.25, 0.3) is 17.0 Å². The minimum atomic E-state index is -2.56. The van der Waals surface area contributed by atoms with E-state index >= 15 is 0 Å². The first-order valence-corrected chi connectivity index (χ1v) is 25.2. The predicted octanol–water partition coefficient (Wildman–Crippen LogP) is -20.1. The molecule has 0 aromatic heterocycles. The zero-order valence-corrected chi connectivity index (χ0v) is 62.2. The molecule has 0 N–H and O–H groups in total. The van der Waals surface area contributed by atoms with E-state index in [9.17, 15) is 149 Å². The fourth-order valence-electron chi connectivity index (χ4n) is 8.94. The standard InChI is InChI=1S/3C17H21N3O10.4In/c3*21-13(22)7-18(8-14(23)24)11-17(20(29)30,6-12-4-2-1-3-5-12)19(9-15(25)26)10-16(27)28;;;;/h3*1-5H,6-11H2,(H,21,22)(H,23,24)(H,25,26)(H,27,28);;;;/q;;;4*+3/p-12. The number of carboxylic acid groups (broad SMARTS) is 12. The summed E-state index contributed by atoms with van der Waals surface area (Å²) < 4.78 is 0. The van der Waals surface area contributed by atoms with E-state index in [2.05, 4.69) is 0 Å². The first-order valence-electron chi connectivity index (χ1n) is 25.2. The molecule has 3 rings (SSSR count). The average Bonchev–Trinajstić information content (AvgIpc) is 0.806. The van der Waals surface area contributed by atoms with Crippen LogP contribution in [0.1, 0.15) is 16.7 Å². The van der Waals surface area contributed by atoms with Gasteiger partial charge in [-0.25, -0.2) is 14.7 Å². The third kappa shape index (κ3) is 34.8. The van der Waals surface area contributed by atoms with Gasteiger partial charge in [-0.3, -0.25) is 45.0 Å². The molecule has 3 atom stereocenters. The van der Waals surface area contributed by atoms with Crippen molar-refractivity contribution in [2.24, 2.45) is 0 Å². The van der Waals surface area contributed by atoms with E-state index in [1.54, 1.807) is 18.2 Å². The maximum atomic E-state index is 12.1. The van der Waals surface area contributed by atoms with Crippen LogP contribution in [0.2, 0.25) is 0 Å². The predicted molar refractivity (Wildman–Crippen MR) is 287 cm³/mol. The van der Waals surface area contributed by atoms with Crippen LogP contribution in [0.25, 0.3) is 0 Å². The molecule has 94 heavy (non-hydrogen) atoms. The van der Waals surface area contributed by atoms with Gasteiger partial charge in [0, 0.05) is 93.3 Å². The quantitative estimate of drug-likeness (QED) is 0.0289. The van der Waals surface area contributed by atoms with Gasteiger partial charge in [-0.2, -0.15) is 0 Å². The van der Waals surface area contributed by atoms with Crippen LogP contribution in [0.3, 0.4) is 0 Å². The molecule has 492 valence electrons. The maximum absolute atomic E-state index is 12.1. The van der Waals surface area contributed by atoms with Crippen LogP contribution in [-0.4, -0.2) is 334 Å². The van der Waals surface area contributed by atoms with Crippen molar-refractivity contribution in [2.45, 2.75) is 36.3 Å². The molecule has 0 spiro atoms. The van der Waals surface area contributed by atoms with E-state index in [0.717, 1.165) is 0 Å². The fourth-order valence-corrected chi connectivity index (χ4v) is 8.94. The van der Waals surface area contributed by atoms with Gasteiger partial charge in [0.2, 0.25) is 0 Å². The summed E-state index contributed by atoms with van der Waals surface area (Å²) in [7, 11) is 0. The SMILES string of the molecule is O=C([O-])CN(CC(=O)[O-])CC(Cc1ccccc1)(N(CC(=O)[O-])CC(=O)[O-])[N+](=O)[O-].O=C([O-])CN(CC(=O)[O-])CC(Cc1ccccc1)(N(CC(=O)[O-])CC(=O)[O-])[N+](=O)[O-].O=C([O-])CN(CC(=O)[O-])CC(Cc1ccccc1)(N(CC(=O)[O-])CC(=O)[O-])[N+](=O)[O-].[In+3].[In+3].[In+3].[In+3]. The van der Waals surface area contributed by atoms with Crippen molar-refractivity contribution in [3.8, 4) is 0 Å². The molecular formula is C51H51In4N9O30. The molecule has 39 nitrogen and oxygen atoms in total. The first kappa shape index (κ1) is 93.1. The minimum absolute atomic E-state index is 0. The molecule has 0 heterocycles. The largest absolute Gasteiger partial charge is 3.00 e. The summed E-state index contributed by atoms with van der Waals surface area (Å²) in [6.07, 6.45) is -1.76. The Kier molecular flexibility index (Phi) is 45.5. The number of hydrogen-bond acceptors (Lipinski definition) is 36. The normalized spacial score (nSPS) is 12.4. The van der Waals surface area contributed by atoms with Crippen molar-refractivity contribution in [3.63, 3.8) is 0 Å². The van der Waals surface area contributed by atoms with E-state index in [0.29, 0.717) is 29.4 Å². The molecule has 0 fully saturated rings. The number of carbonyl (C=O) groups is 12. The van der Waals surface area contributed by atoms with Crippen LogP contribution in [0.15, 0.2) is 91.0 Å². The topological polar surface area (TPSA) is 630 Å². The van der Waals surface area contributed by atoms with Gasteiger partial charge in [-0.05, 0) is 16.7 Å². The molecule has 0 saturated heterocycles. The van der Waals surface area contributed by atoms with Gasteiger partial charge in [0.05, 0.1) is 111 Å². The zero-order chi connectivity index (χ0) is 68.7. The van der Waals surface area contributed by atoms with Crippen molar-refractivity contribution in [2.75, 3.05) is 98.2 Å². The Balaban J connectivity index is -0.000000633. The summed E-state index contributed by atoms with van der Waals surface area (Å²) in [6, 6.07) is 22.5. The second-order valence-electron chi connectivity index (χ2n) is 19.2. The number of nitrogens with zero attached hydrogens (tertiary/aromatic N) is 9. The molecule has 3 aromatic rings. The molecule has 0 saturated carbocycles. The molecule has 0 aliphatic carbocycles. The second kappa shape index (κ2) is 46.0. The Bertz CT molecular complexity index is 2650. The van der Waals surface area contributed by atoms with Crippen molar-refractivity contribution in [3.05, 3.63) is 138 Å². The van der Waals surface area contributed by atoms with Crippen LogP contribution >= 0.6 is 0 Å². The number of carboxylic acids is 12. The zero-order valence-electron chi connectivity index (χ0n) is 49.0. The van der Waals surface area contributed by atoms with E-state index in [1.807, 2.05) is 0 Å². The summed E-state index contributed by atoms with van der Waals surface area (Å²) in [6.45, 7) is -16.6. The van der Waals surface area contributed by atoms with Gasteiger partial charge >= 0.3 is 103 Å². The molecule has 0 aliphatic heterocycles. The molecule has 3 aromatic carbocycles. The molecule has 43 heteroatoms. The first-order chi connectivity index (χ1) is 41.9. The fraction of sp³-hybridized carbons (Fsp3) is 0.412. The van der Waals surface area contributed by atoms with E-state index in [-0.39, 0.29) is 120 Å². The van der Waals surface area contributed by atoms with Crippen molar-refractivity contribution in [1.29, 1.82) is 0 Å². The number of carbonyl (C=O) groups excluding carboxylic acids is 12. The molecule has 3 unspecified atom stereocenters. The number of rotatable bonds is 42. The minimum Gasteiger partial charge on any atom is -0.549 e. The molecule has 0 aliphatic rings. The second-order valence-corrected chi connectivity index (χ2v) is 19.2. The van der Waals surface area contributed by atoms with Crippen LogP contribution < -0.4 is 61.3 Å². The molecule has 0 radical (unpaired) electrons. The summed E-state index contributed by atoms with van der Waals surface area (Å²) in [5.41, 5.74) is -6.86. The number of benzene rings is 3. The van der Waals surface area contributed by atoms with Crippen LogP contribution in [0.4, 0.5) is 0 Å². The summed E-state index contributed by atoms with van der Waals surface area (Å²) in [5.74, 6) is -21.7. The maximum Gasteiger partial charge on any atom is 3.00 e. The Morgan fingerprint density at radius 1 is 0.266 bits per heavy atom. The van der Waals surface area contributed by atoms with Gasteiger partial charge < -0.3 is 119 Å². The summed E-state index contributed by atoms with van der Waals surface area (Å²) in [5, 5.41) is 169. The number of nitro groups is 3. The third-order valence-electron chi connectivity index (χ3n) is 12.2. The van der Waals surface area contributed by atoms with E-state index in [4.69, 9.17) is 0 Å². The average molecular weight is 1730 g/mol. The van der Waals surface area contributed by atoms with Crippen LogP contribution in [-0.2, 0) is 76.8 Å². The Labute approximate surface area is 605 Å². The Hall–Kier alpha value is -7.26. The van der Waals surface area contributed by atoms with Gasteiger partial charge in [0.1, 0.15) is 0 Å². The Morgan fingerprint density at radius 2 is 0.404 bits per heavy atom. The van der Waals surface area contributed by atoms with Crippen molar-refractivity contribution in [1.82, 2.24) is 29.4 Å². The smallest absolute Gasteiger partial charge is 0.549 e. The molecular weight excluding hydrogens is 1680 g/mol. The Morgan fingerprint density at radius 3 is 0.521 bits per heavy atom. The molecule has 0 bridgehead atoms.